The molecular weight excluding hydrogens is 409 g/mol. The minimum atomic E-state index is -1.08. The molecule has 0 N–H and O–H groups in total. The Balaban J connectivity index is 0.00000193. The van der Waals surface area contributed by atoms with Crippen LogP contribution in [-0.2, 0) is 25.7 Å². The summed E-state index contributed by atoms with van der Waals surface area (Å²) >= 11 is 0. The van der Waals surface area contributed by atoms with Crippen LogP contribution in [0.2, 0.25) is 0 Å². The van der Waals surface area contributed by atoms with E-state index >= 15 is 0 Å². The zero-order valence-electron chi connectivity index (χ0n) is 17.7. The minimum Gasteiger partial charge on any atom is -0.408 e. The van der Waals surface area contributed by atoms with E-state index in [0.717, 1.165) is 24.3 Å². The normalized spacial score (nSPS) is 19.2. The van der Waals surface area contributed by atoms with E-state index in [1.807, 2.05) is 0 Å². The fourth-order valence-corrected chi connectivity index (χ4v) is 7.17. The molecule has 1 saturated heterocycles. The highest BCUT2D eigenvalue weighted by atomic mass is 32.1. The van der Waals surface area contributed by atoms with Crippen LogP contribution in [0.15, 0.2) is 32.7 Å². The van der Waals surface area contributed by atoms with Crippen LogP contribution in [0.1, 0.15) is 67.2 Å². The van der Waals surface area contributed by atoms with Crippen molar-refractivity contribution >= 4 is 43.6 Å². The molecule has 0 spiro atoms. The monoisotopic (exact) mass is 441 g/mol. The smallest absolute Gasteiger partial charge is 0.309 e. The summed E-state index contributed by atoms with van der Waals surface area (Å²) in [4.78, 5) is 0. The summed E-state index contributed by atoms with van der Waals surface area (Å²) in [5, 5.41) is 2.75. The lowest BCUT2D eigenvalue weighted by molar-refractivity contribution is 0.559. The maximum Gasteiger partial charge on any atom is 0.309 e. The Morgan fingerprint density at radius 3 is 1.63 bits per heavy atom. The Kier molecular flexibility index (Phi) is 5.92. The van der Waals surface area contributed by atoms with Gasteiger partial charge in [0.15, 0.2) is 0 Å². The Morgan fingerprint density at radius 2 is 1.10 bits per heavy atom. The summed E-state index contributed by atoms with van der Waals surface area (Å²) < 4.78 is 15.9. The lowest BCUT2D eigenvalue weighted by atomic mass is 9.84. The van der Waals surface area contributed by atoms with Crippen molar-refractivity contribution < 1.29 is 8.39 Å². The molecule has 1 aliphatic heterocycles. The number of fused-ring (bicyclic) bond motifs is 7. The van der Waals surface area contributed by atoms with E-state index in [9.17, 15) is 0 Å². The molecule has 30 heavy (non-hydrogen) atoms. The number of piperidine rings is 1. The molecule has 2 heterocycles. The first-order chi connectivity index (χ1) is 14.4. The van der Waals surface area contributed by atoms with Crippen LogP contribution < -0.4 is 4.67 Å². The molecule has 2 aromatic carbocycles. The van der Waals surface area contributed by atoms with Gasteiger partial charge in [-0.2, -0.15) is 13.5 Å². The molecule has 0 amide bonds. The van der Waals surface area contributed by atoms with Crippen molar-refractivity contribution in [2.45, 2.75) is 70.6 Å². The van der Waals surface area contributed by atoms with E-state index in [1.165, 1.54) is 104 Å². The quantitative estimate of drug-likeness (QED) is 0.397. The first-order valence-corrected chi connectivity index (χ1v) is 12.7. The van der Waals surface area contributed by atoms with Crippen molar-refractivity contribution in [1.29, 1.82) is 0 Å². The van der Waals surface area contributed by atoms with Gasteiger partial charge in [0.05, 0.1) is 0 Å². The zero-order chi connectivity index (χ0) is 19.2. The molecule has 0 saturated carbocycles. The molecule has 0 bridgehead atoms. The standard InChI is InChI=1S/C25H30NO2P.H2S/c1-6-16-26(17-7-1)29-27-22-14-12-18-8-2-4-10-20(18)24(22)25-21-11-5-3-9-19(21)13-15-23(25)28-29;/h12-15H,1-11,16-17H2;1H2. The van der Waals surface area contributed by atoms with Gasteiger partial charge in [-0.05, 0) is 98.6 Å². The van der Waals surface area contributed by atoms with Crippen molar-refractivity contribution in [1.82, 2.24) is 0 Å². The lowest BCUT2D eigenvalue weighted by Crippen LogP contribution is -2.26. The van der Waals surface area contributed by atoms with Crippen LogP contribution >= 0.6 is 21.7 Å². The third kappa shape index (κ3) is 3.51. The van der Waals surface area contributed by atoms with Gasteiger partial charge in [-0.3, -0.25) is 0 Å². The summed E-state index contributed by atoms with van der Waals surface area (Å²) in [5.41, 5.74) is 8.27. The third-order valence-electron chi connectivity index (χ3n) is 7.16. The van der Waals surface area contributed by atoms with Crippen molar-refractivity contribution in [2.75, 3.05) is 17.8 Å². The van der Waals surface area contributed by atoms with Gasteiger partial charge in [0.1, 0.15) is 11.2 Å². The number of hydrogen-bond acceptors (Lipinski definition) is 3. The van der Waals surface area contributed by atoms with Crippen molar-refractivity contribution in [3.05, 3.63) is 46.5 Å². The summed E-state index contributed by atoms with van der Waals surface area (Å²) in [6.07, 6.45) is 13.8. The molecule has 3 nitrogen and oxygen atoms in total. The first kappa shape index (κ1) is 20.5. The molecule has 3 aromatic rings. The highest BCUT2D eigenvalue weighted by Crippen LogP contribution is 2.43. The highest BCUT2D eigenvalue weighted by Gasteiger charge is 2.23. The number of aryl methyl sites for hydroxylation is 4. The highest BCUT2D eigenvalue weighted by molar-refractivity contribution is 7.59. The number of benzene rings is 2. The van der Waals surface area contributed by atoms with Gasteiger partial charge in [0, 0.05) is 23.9 Å². The minimum absolute atomic E-state index is 0. The Hall–Kier alpha value is -1.35. The van der Waals surface area contributed by atoms with Gasteiger partial charge in [0.2, 0.25) is 0 Å². The summed E-state index contributed by atoms with van der Waals surface area (Å²) in [5.74, 6) is 0. The molecule has 2 aliphatic carbocycles. The van der Waals surface area contributed by atoms with Gasteiger partial charge < -0.3 is 8.39 Å². The number of nitrogens with zero attached hydrogens (tertiary/aromatic N) is 1. The Labute approximate surface area is 186 Å². The van der Waals surface area contributed by atoms with Gasteiger partial charge in [-0.1, -0.05) is 18.6 Å². The molecule has 0 atom stereocenters. The zero-order valence-corrected chi connectivity index (χ0v) is 19.6. The molecule has 0 unspecified atom stereocenters. The second-order valence-electron chi connectivity index (χ2n) is 9.00. The van der Waals surface area contributed by atoms with Gasteiger partial charge in [-0.15, -0.1) is 0 Å². The number of hydrogen-bond donors (Lipinski definition) is 0. The van der Waals surface area contributed by atoms with Crippen LogP contribution in [0.5, 0.6) is 0 Å². The van der Waals surface area contributed by atoms with Crippen molar-refractivity contribution in [2.24, 2.45) is 0 Å². The van der Waals surface area contributed by atoms with E-state index in [-0.39, 0.29) is 13.5 Å². The fraction of sp³-hybridized carbons (Fsp3) is 0.520. The van der Waals surface area contributed by atoms with Crippen LogP contribution in [0.25, 0.3) is 21.9 Å². The average Bonchev–Trinajstić information content (AvgIpc) is 2.97. The largest absolute Gasteiger partial charge is 0.408 e. The summed E-state index contributed by atoms with van der Waals surface area (Å²) in [6, 6.07) is 9.16. The van der Waals surface area contributed by atoms with Gasteiger partial charge in [0.25, 0.3) is 0 Å². The Morgan fingerprint density at radius 1 is 0.600 bits per heavy atom. The molecule has 0 radical (unpaired) electrons. The van der Waals surface area contributed by atoms with Crippen LogP contribution in [0, 0.1) is 0 Å². The van der Waals surface area contributed by atoms with E-state index < -0.39 is 8.16 Å². The molecule has 6 rings (SSSR count). The van der Waals surface area contributed by atoms with E-state index in [1.54, 1.807) is 0 Å². The molecule has 160 valence electrons. The van der Waals surface area contributed by atoms with Gasteiger partial charge in [-0.25, -0.2) is 4.67 Å². The summed E-state index contributed by atoms with van der Waals surface area (Å²) in [6.45, 7) is 2.18. The van der Waals surface area contributed by atoms with Crippen LogP contribution in [0.4, 0.5) is 0 Å². The third-order valence-corrected chi connectivity index (χ3v) is 8.72. The van der Waals surface area contributed by atoms with E-state index in [0.29, 0.717) is 0 Å². The van der Waals surface area contributed by atoms with Crippen LogP contribution in [-0.4, -0.2) is 13.1 Å². The maximum absolute atomic E-state index is 6.70. The predicted octanol–water partition coefficient (Wildman–Crippen LogP) is 7.28. The van der Waals surface area contributed by atoms with Gasteiger partial charge >= 0.3 is 8.16 Å². The maximum atomic E-state index is 6.70. The van der Waals surface area contributed by atoms with Crippen molar-refractivity contribution in [3.8, 4) is 0 Å². The molecular formula is C25H32NO2PS. The molecule has 1 fully saturated rings. The van der Waals surface area contributed by atoms with E-state index in [2.05, 4.69) is 28.9 Å². The average molecular weight is 442 g/mol. The van der Waals surface area contributed by atoms with Crippen molar-refractivity contribution in [3.63, 3.8) is 0 Å². The Bertz CT molecular complexity index is 1040. The second kappa shape index (κ2) is 8.65. The predicted molar refractivity (Wildman–Crippen MR) is 132 cm³/mol. The fourth-order valence-electron chi connectivity index (χ4n) is 5.66. The summed E-state index contributed by atoms with van der Waals surface area (Å²) in [7, 11) is -1.08. The first-order valence-electron chi connectivity index (χ1n) is 11.6. The van der Waals surface area contributed by atoms with Crippen LogP contribution in [0.3, 0.4) is 0 Å². The van der Waals surface area contributed by atoms with E-state index in [4.69, 9.17) is 8.39 Å². The number of rotatable bonds is 1. The molecule has 1 aromatic heterocycles. The SMILES string of the molecule is S.c1cc2op(N3CCCCC3)oc3ccc4c(c3c2c2c1CCCC2)CCCC4. The molecule has 5 heteroatoms. The topological polar surface area (TPSA) is 29.5 Å². The lowest BCUT2D eigenvalue weighted by Gasteiger charge is -2.22. The molecule has 3 aliphatic rings. The second-order valence-corrected chi connectivity index (χ2v) is 10.4.